The first-order valence-corrected chi connectivity index (χ1v) is 13.9. The number of anilines is 2. The number of carbonyl (C=O) groups excluding carboxylic acids is 1. The van der Waals surface area contributed by atoms with Gasteiger partial charge in [-0.2, -0.15) is 14.5 Å². The fourth-order valence-electron chi connectivity index (χ4n) is 4.76. The van der Waals surface area contributed by atoms with Gasteiger partial charge in [-0.3, -0.25) is 10.1 Å². The molecule has 0 amide bonds. The van der Waals surface area contributed by atoms with Crippen molar-refractivity contribution in [3.8, 4) is 11.6 Å². The van der Waals surface area contributed by atoms with Crippen LogP contribution in [0.4, 0.5) is 26.4 Å². The molecule has 0 bridgehead atoms. The highest BCUT2D eigenvalue weighted by Crippen LogP contribution is 2.38. The molecule has 2 heterocycles. The van der Waals surface area contributed by atoms with E-state index in [1.807, 2.05) is 38.4 Å². The van der Waals surface area contributed by atoms with Gasteiger partial charge in [-0.05, 0) is 71.9 Å². The van der Waals surface area contributed by atoms with E-state index in [0.717, 1.165) is 25.0 Å². The summed E-state index contributed by atoms with van der Waals surface area (Å²) >= 11 is 0. The Kier molecular flexibility index (Phi) is 9.61. The van der Waals surface area contributed by atoms with Gasteiger partial charge >= 0.3 is 6.16 Å². The molecule has 3 N–H and O–H groups in total. The Hall–Kier alpha value is -4.26. The van der Waals surface area contributed by atoms with Crippen LogP contribution in [0, 0.1) is 16.1 Å². The van der Waals surface area contributed by atoms with Crippen molar-refractivity contribution in [2.75, 3.05) is 11.9 Å². The van der Waals surface area contributed by atoms with Crippen molar-refractivity contribution in [2.24, 2.45) is 5.73 Å². The fraction of sp³-hybridized carbons (Fsp3) is 0.483. The molecule has 2 aromatic heterocycles. The van der Waals surface area contributed by atoms with Crippen LogP contribution in [0.1, 0.15) is 71.4 Å². The van der Waals surface area contributed by atoms with E-state index in [1.165, 1.54) is 30.3 Å². The summed E-state index contributed by atoms with van der Waals surface area (Å²) in [5.74, 6) is 0.379. The molecule has 4 rings (SSSR count). The number of hydrogen-bond acceptors (Lipinski definition) is 10. The van der Waals surface area contributed by atoms with Gasteiger partial charge in [0.05, 0.1) is 22.8 Å². The molecule has 1 fully saturated rings. The van der Waals surface area contributed by atoms with Crippen LogP contribution in [0.25, 0.3) is 0 Å². The zero-order valence-electron chi connectivity index (χ0n) is 24.2. The molecule has 0 spiro atoms. The molecule has 1 aromatic carbocycles. The minimum absolute atomic E-state index is 0.0318. The first-order valence-electron chi connectivity index (χ1n) is 13.9. The summed E-state index contributed by atoms with van der Waals surface area (Å²) in [6, 6.07) is 10.1. The summed E-state index contributed by atoms with van der Waals surface area (Å²) in [4.78, 5) is 26.4. The van der Waals surface area contributed by atoms with Gasteiger partial charge in [-0.25, -0.2) is 9.48 Å². The number of nitro benzene ring substituents is 1. The van der Waals surface area contributed by atoms with E-state index in [2.05, 4.69) is 10.3 Å². The van der Waals surface area contributed by atoms with Crippen molar-refractivity contribution in [3.05, 3.63) is 64.2 Å². The van der Waals surface area contributed by atoms with Gasteiger partial charge in [0.25, 0.3) is 5.69 Å². The number of pyridine rings is 1. The summed E-state index contributed by atoms with van der Waals surface area (Å²) in [5, 5.41) is 18.9. The van der Waals surface area contributed by atoms with Crippen LogP contribution in [-0.4, -0.2) is 44.6 Å². The van der Waals surface area contributed by atoms with E-state index >= 15 is 0 Å². The number of benzene rings is 1. The van der Waals surface area contributed by atoms with Crippen LogP contribution < -0.4 is 20.5 Å². The van der Waals surface area contributed by atoms with Gasteiger partial charge in [0.15, 0.2) is 0 Å². The van der Waals surface area contributed by atoms with Crippen molar-refractivity contribution < 1.29 is 28.3 Å². The number of ether oxygens (including phenoxy) is 3. The largest absolute Gasteiger partial charge is 0.514 e. The molecule has 1 aliphatic carbocycles. The average Bonchev–Trinajstić information content (AvgIpc) is 3.53. The maximum atomic E-state index is 14.3. The van der Waals surface area contributed by atoms with E-state index in [4.69, 9.17) is 25.0 Å². The topological polar surface area (TPSA) is 157 Å². The number of rotatable bonds is 11. The molecule has 3 aromatic rings. The van der Waals surface area contributed by atoms with E-state index in [-0.39, 0.29) is 40.9 Å². The van der Waals surface area contributed by atoms with Crippen LogP contribution in [-0.2, 0) is 10.3 Å². The molecular weight excluding hydrogens is 547 g/mol. The fourth-order valence-corrected chi connectivity index (χ4v) is 4.76. The van der Waals surface area contributed by atoms with Crippen LogP contribution in [0.3, 0.4) is 0 Å². The van der Waals surface area contributed by atoms with Crippen LogP contribution in [0.2, 0.25) is 0 Å². The van der Waals surface area contributed by atoms with Crippen LogP contribution >= 0.6 is 0 Å². The normalized spacial score (nSPS) is 17.5. The first-order chi connectivity index (χ1) is 19.9. The Morgan fingerprint density at radius 2 is 1.98 bits per heavy atom. The third-order valence-electron chi connectivity index (χ3n) is 6.77. The van der Waals surface area contributed by atoms with Crippen LogP contribution in [0.5, 0.6) is 11.6 Å². The predicted octanol–water partition coefficient (Wildman–Crippen LogP) is 6.18. The average molecular weight is 585 g/mol. The van der Waals surface area contributed by atoms with E-state index in [9.17, 15) is 19.3 Å². The lowest BCUT2D eigenvalue weighted by molar-refractivity contribution is -0.384. The third-order valence-corrected chi connectivity index (χ3v) is 6.77. The summed E-state index contributed by atoms with van der Waals surface area (Å²) in [7, 11) is 0. The summed E-state index contributed by atoms with van der Waals surface area (Å²) in [6.07, 6.45) is 2.23. The second-order valence-electron chi connectivity index (χ2n) is 11.5. The number of nitrogens with two attached hydrogens (primary N) is 1. The first kappa shape index (κ1) is 30.7. The molecule has 12 nitrogen and oxygen atoms in total. The second kappa shape index (κ2) is 13.1. The molecule has 13 heteroatoms. The lowest BCUT2D eigenvalue weighted by Crippen LogP contribution is -2.25. The SMILES string of the molecule is C[C@H](N)CCCOc1cc(Nc2cc([C@H]3CC[C@@H](OC(=O)Oc4ccc([N+](=O)[O-])cc4)C3)nn2C(C)(C)C)cc(F)n1. The van der Waals surface area contributed by atoms with Gasteiger partial charge < -0.3 is 25.3 Å². The highest BCUT2D eigenvalue weighted by atomic mass is 19.1. The smallest absolute Gasteiger partial charge is 0.478 e. The molecule has 226 valence electrons. The van der Waals surface area contributed by atoms with Gasteiger partial charge in [0, 0.05) is 48.0 Å². The number of nitrogens with one attached hydrogen (secondary N) is 1. The summed E-state index contributed by atoms with van der Waals surface area (Å²) < 4.78 is 32.5. The zero-order chi connectivity index (χ0) is 30.4. The lowest BCUT2D eigenvalue weighted by Gasteiger charge is -2.23. The number of non-ortho nitro benzene ring substituents is 1. The highest BCUT2D eigenvalue weighted by molar-refractivity contribution is 5.64. The van der Waals surface area contributed by atoms with Gasteiger partial charge in [-0.1, -0.05) is 0 Å². The number of halogens is 1. The summed E-state index contributed by atoms with van der Waals surface area (Å²) in [6.45, 7) is 8.36. The quantitative estimate of drug-likeness (QED) is 0.0666. The molecule has 42 heavy (non-hydrogen) atoms. The standard InChI is InChI=1S/C29H37FN6O6/c1-18(31)6-5-13-40-27-16-20(15-25(30)33-27)32-26-17-24(34-35(26)29(2,3)4)19-7-10-23(14-19)42-28(37)41-22-11-8-21(9-12-22)36(38)39/h8-9,11-12,15-19,23H,5-7,10,13-14,31H2,1-4H3,(H,32,33)/t18-,19-,23+/m0/s1. The Balaban J connectivity index is 1.40. The van der Waals surface area contributed by atoms with Crippen molar-refractivity contribution in [2.45, 2.75) is 83.4 Å². The Labute approximate surface area is 243 Å². The zero-order valence-corrected chi connectivity index (χ0v) is 24.2. The molecule has 0 radical (unpaired) electrons. The van der Waals surface area contributed by atoms with Crippen molar-refractivity contribution in [3.63, 3.8) is 0 Å². The highest BCUT2D eigenvalue weighted by Gasteiger charge is 2.32. The maximum Gasteiger partial charge on any atom is 0.514 e. The van der Waals surface area contributed by atoms with Crippen molar-refractivity contribution >= 4 is 23.3 Å². The number of nitro groups is 1. The van der Waals surface area contributed by atoms with Gasteiger partial charge in [0.2, 0.25) is 11.8 Å². The maximum absolute atomic E-state index is 14.3. The van der Waals surface area contributed by atoms with Crippen molar-refractivity contribution in [1.29, 1.82) is 0 Å². The minimum atomic E-state index is -0.868. The van der Waals surface area contributed by atoms with Gasteiger partial charge in [0.1, 0.15) is 17.7 Å². The molecule has 0 saturated heterocycles. The minimum Gasteiger partial charge on any atom is -0.478 e. The van der Waals surface area contributed by atoms with E-state index in [0.29, 0.717) is 31.0 Å². The van der Waals surface area contributed by atoms with Crippen molar-refractivity contribution in [1.82, 2.24) is 14.8 Å². The molecule has 0 unspecified atom stereocenters. The molecular formula is C29H37FN6O6. The Morgan fingerprint density at radius 1 is 1.24 bits per heavy atom. The van der Waals surface area contributed by atoms with E-state index in [1.54, 1.807) is 6.07 Å². The number of carbonyl (C=O) groups is 1. The Bertz CT molecular complexity index is 1390. The second-order valence-corrected chi connectivity index (χ2v) is 11.5. The molecule has 0 aliphatic heterocycles. The number of hydrogen-bond donors (Lipinski definition) is 2. The number of nitrogens with zero attached hydrogens (tertiary/aromatic N) is 4. The molecule has 3 atom stereocenters. The predicted molar refractivity (Wildman–Crippen MR) is 154 cm³/mol. The summed E-state index contributed by atoms with van der Waals surface area (Å²) in [5.41, 5.74) is 6.59. The Morgan fingerprint density at radius 3 is 2.64 bits per heavy atom. The third kappa shape index (κ3) is 8.38. The molecule has 1 aliphatic rings. The molecule has 1 saturated carbocycles. The monoisotopic (exact) mass is 584 g/mol. The van der Waals surface area contributed by atoms with Crippen LogP contribution in [0.15, 0.2) is 42.5 Å². The number of aromatic nitrogens is 3. The lowest BCUT2D eigenvalue weighted by atomic mass is 10.0. The van der Waals surface area contributed by atoms with Gasteiger partial charge in [-0.15, -0.1) is 0 Å². The van der Waals surface area contributed by atoms with E-state index < -0.39 is 17.0 Å².